The average Bonchev–Trinajstić information content (AvgIpc) is 3.48. The summed E-state index contributed by atoms with van der Waals surface area (Å²) < 4.78 is 6.04. The van der Waals surface area contributed by atoms with Crippen LogP contribution < -0.4 is 10.1 Å². The molecule has 1 N–H and O–H groups in total. The number of ether oxygens (including phenoxy) is 1. The van der Waals surface area contributed by atoms with E-state index in [1.165, 1.54) is 11.3 Å². The minimum Gasteiger partial charge on any atom is -0.486 e. The van der Waals surface area contributed by atoms with Gasteiger partial charge in [-0.2, -0.15) is 0 Å². The molecule has 2 heterocycles. The number of hydrogen-bond donors (Lipinski definition) is 1. The number of rotatable bonds is 5. The summed E-state index contributed by atoms with van der Waals surface area (Å²) in [6, 6.07) is 7.78. The second kappa shape index (κ2) is 7.29. The molecule has 5 rings (SSSR count). The molecular weight excluding hydrogens is 406 g/mol. The Labute approximate surface area is 178 Å². The zero-order valence-electron chi connectivity index (χ0n) is 16.1. The highest BCUT2D eigenvalue weighted by atomic mass is 35.5. The van der Waals surface area contributed by atoms with E-state index in [-0.39, 0.29) is 23.7 Å². The highest BCUT2D eigenvalue weighted by molar-refractivity contribution is 7.17. The van der Waals surface area contributed by atoms with Gasteiger partial charge in [0.15, 0.2) is 5.78 Å². The molecule has 29 heavy (non-hydrogen) atoms. The number of hydrogen-bond acceptors (Lipinski definition) is 4. The van der Waals surface area contributed by atoms with Crippen molar-refractivity contribution in [3.05, 3.63) is 51.9 Å². The second-order valence-corrected chi connectivity index (χ2v) is 9.73. The first-order valence-corrected chi connectivity index (χ1v) is 11.2. The van der Waals surface area contributed by atoms with Crippen LogP contribution in [-0.2, 0) is 11.2 Å². The molecule has 1 saturated carbocycles. The van der Waals surface area contributed by atoms with E-state index >= 15 is 0 Å². The summed E-state index contributed by atoms with van der Waals surface area (Å²) in [5, 5.41) is 3.66. The molecule has 0 saturated heterocycles. The summed E-state index contributed by atoms with van der Waals surface area (Å²) in [4.78, 5) is 25.9. The molecule has 3 aliphatic rings. The van der Waals surface area contributed by atoms with Crippen molar-refractivity contribution < 1.29 is 14.3 Å². The number of amides is 1. The van der Waals surface area contributed by atoms with E-state index in [0.29, 0.717) is 35.6 Å². The van der Waals surface area contributed by atoms with Gasteiger partial charge in [-0.3, -0.25) is 9.59 Å². The van der Waals surface area contributed by atoms with Crippen molar-refractivity contribution in [1.29, 1.82) is 0 Å². The molecule has 2 bridgehead atoms. The Morgan fingerprint density at radius 1 is 1.24 bits per heavy atom. The lowest BCUT2D eigenvalue weighted by Gasteiger charge is -2.19. The zero-order valence-corrected chi connectivity index (χ0v) is 17.7. The molecule has 1 amide bonds. The number of carbonyl (C=O) groups is 2. The number of allylic oxidation sites excluding steroid dienone is 2. The van der Waals surface area contributed by atoms with Crippen LogP contribution in [0.3, 0.4) is 0 Å². The molecule has 1 aliphatic heterocycles. The molecule has 0 radical (unpaired) electrons. The van der Waals surface area contributed by atoms with E-state index in [1.807, 2.05) is 18.2 Å². The Hall–Kier alpha value is -2.11. The first-order valence-electron chi connectivity index (χ1n) is 10.0. The van der Waals surface area contributed by atoms with Crippen molar-refractivity contribution in [2.24, 2.45) is 17.8 Å². The predicted molar refractivity (Wildman–Crippen MR) is 115 cm³/mol. The fraction of sp³-hybridized carbons (Fsp3) is 0.391. The average molecular weight is 428 g/mol. The maximum absolute atomic E-state index is 12.6. The smallest absolute Gasteiger partial charge is 0.223 e. The van der Waals surface area contributed by atoms with E-state index in [0.717, 1.165) is 33.7 Å². The third kappa shape index (κ3) is 3.51. The van der Waals surface area contributed by atoms with Crippen molar-refractivity contribution in [2.45, 2.75) is 32.3 Å². The molecule has 1 aromatic heterocycles. The number of thiophene rings is 1. The minimum atomic E-state index is -0.105. The lowest BCUT2D eigenvalue weighted by Crippen LogP contribution is -2.39. The summed E-state index contributed by atoms with van der Waals surface area (Å²) in [5.74, 6) is 2.02. The molecule has 1 aromatic carbocycles. The van der Waals surface area contributed by atoms with E-state index in [4.69, 9.17) is 16.3 Å². The first-order chi connectivity index (χ1) is 14.0. The van der Waals surface area contributed by atoms with Gasteiger partial charge in [-0.15, -0.1) is 11.3 Å². The Balaban J connectivity index is 1.25. The number of fused-ring (bicyclic) bond motifs is 3. The molecule has 0 unspecified atom stereocenters. The Morgan fingerprint density at radius 3 is 2.79 bits per heavy atom. The lowest BCUT2D eigenvalue weighted by molar-refractivity contribution is -0.126. The van der Waals surface area contributed by atoms with Crippen molar-refractivity contribution in [3.8, 4) is 16.2 Å². The highest BCUT2D eigenvalue weighted by Crippen LogP contribution is 2.44. The van der Waals surface area contributed by atoms with Crippen LogP contribution in [0.25, 0.3) is 10.4 Å². The van der Waals surface area contributed by atoms with Gasteiger partial charge >= 0.3 is 0 Å². The molecule has 2 aliphatic carbocycles. The molecule has 4 atom stereocenters. The minimum absolute atomic E-state index is 0.0682. The van der Waals surface area contributed by atoms with Crippen molar-refractivity contribution in [1.82, 2.24) is 5.32 Å². The maximum atomic E-state index is 12.6. The third-order valence-electron chi connectivity index (χ3n) is 6.21. The summed E-state index contributed by atoms with van der Waals surface area (Å²) in [7, 11) is 0. The summed E-state index contributed by atoms with van der Waals surface area (Å²) in [6.07, 6.45) is 7.14. The molecule has 0 spiro atoms. The highest BCUT2D eigenvalue weighted by Gasteiger charge is 2.40. The van der Waals surface area contributed by atoms with E-state index < -0.39 is 0 Å². The van der Waals surface area contributed by atoms with Crippen LogP contribution in [0.2, 0.25) is 5.02 Å². The van der Waals surface area contributed by atoms with Crippen LogP contribution in [0.15, 0.2) is 36.4 Å². The monoisotopic (exact) mass is 427 g/mol. The van der Waals surface area contributed by atoms with Crippen LogP contribution >= 0.6 is 22.9 Å². The van der Waals surface area contributed by atoms with Gasteiger partial charge < -0.3 is 10.1 Å². The van der Waals surface area contributed by atoms with E-state index in [1.54, 1.807) is 6.92 Å². The van der Waals surface area contributed by atoms with Crippen LogP contribution in [-0.4, -0.2) is 24.3 Å². The molecule has 6 heteroatoms. The van der Waals surface area contributed by atoms with Gasteiger partial charge in [-0.1, -0.05) is 23.8 Å². The van der Waals surface area contributed by atoms with E-state index in [9.17, 15) is 9.59 Å². The number of halogens is 1. The molecule has 2 aromatic rings. The molecule has 150 valence electrons. The normalized spacial score (nSPS) is 26.4. The summed E-state index contributed by atoms with van der Waals surface area (Å²) >= 11 is 7.96. The Bertz CT molecular complexity index is 1030. The zero-order chi connectivity index (χ0) is 20.1. The van der Waals surface area contributed by atoms with E-state index in [2.05, 4.69) is 23.5 Å². The number of Topliss-reactive ketones (excluding diaryl/α,β-unsaturated/α-hetero) is 1. The lowest BCUT2D eigenvalue weighted by atomic mass is 9.93. The summed E-state index contributed by atoms with van der Waals surface area (Å²) in [6.45, 7) is 2.06. The number of nitrogens with one attached hydrogen (secondary N) is 1. The Kier molecular flexibility index (Phi) is 4.75. The first kappa shape index (κ1) is 18.9. The van der Waals surface area contributed by atoms with Crippen LogP contribution in [0.1, 0.15) is 35.0 Å². The largest absolute Gasteiger partial charge is 0.486 e. The van der Waals surface area contributed by atoms with Crippen molar-refractivity contribution in [2.75, 3.05) is 6.54 Å². The number of carbonyl (C=O) groups excluding carboxylic acids is 2. The quantitative estimate of drug-likeness (QED) is 0.545. The number of benzene rings is 1. The fourth-order valence-electron chi connectivity index (χ4n) is 4.75. The van der Waals surface area contributed by atoms with Gasteiger partial charge in [0.05, 0.1) is 16.4 Å². The van der Waals surface area contributed by atoms with Crippen LogP contribution in [0.5, 0.6) is 5.75 Å². The SMILES string of the molecule is CC(=O)c1ccc(-c2cc(Cl)c3c(c2)C[C@H](CNC(=O)[C@H]2C[C@@H]4C=C[C@H]2C4)O3)s1. The van der Waals surface area contributed by atoms with Gasteiger partial charge in [0, 0.05) is 22.8 Å². The fourth-order valence-corrected chi connectivity index (χ4v) is 5.93. The standard InChI is InChI=1S/C23H22ClNO3S/c1-12(26)20-4-5-21(29-20)15-8-16-9-17(28-22(16)19(24)10-15)11-25-23(27)18-7-13-2-3-14(18)6-13/h2-5,8,10,13-14,17-18H,6-7,9,11H2,1H3,(H,25,27)/t13-,14+,17-,18+/m1/s1. The molecule has 1 fully saturated rings. The van der Waals surface area contributed by atoms with Crippen LogP contribution in [0, 0.1) is 17.8 Å². The third-order valence-corrected chi connectivity index (χ3v) is 7.73. The van der Waals surface area contributed by atoms with Gasteiger partial charge in [-0.05, 0) is 61.4 Å². The number of ketones is 1. The topological polar surface area (TPSA) is 55.4 Å². The van der Waals surface area contributed by atoms with Gasteiger partial charge in [-0.25, -0.2) is 0 Å². The van der Waals surface area contributed by atoms with Gasteiger partial charge in [0.1, 0.15) is 11.9 Å². The maximum Gasteiger partial charge on any atom is 0.223 e. The van der Waals surface area contributed by atoms with Gasteiger partial charge in [0.25, 0.3) is 0 Å². The van der Waals surface area contributed by atoms with Crippen molar-refractivity contribution in [3.63, 3.8) is 0 Å². The van der Waals surface area contributed by atoms with Crippen molar-refractivity contribution >= 4 is 34.6 Å². The summed E-state index contributed by atoms with van der Waals surface area (Å²) in [5.41, 5.74) is 2.04. The predicted octanol–water partition coefficient (Wildman–Crippen LogP) is 4.90. The molecule has 4 nitrogen and oxygen atoms in total. The van der Waals surface area contributed by atoms with Gasteiger partial charge in [0.2, 0.25) is 5.91 Å². The molecular formula is C23H22ClNO3S. The Morgan fingerprint density at radius 2 is 2.10 bits per heavy atom. The second-order valence-electron chi connectivity index (χ2n) is 8.24. The van der Waals surface area contributed by atoms with Crippen LogP contribution in [0.4, 0.5) is 0 Å².